The molecule has 0 aromatic rings. The first-order chi connectivity index (χ1) is 6.51. The summed E-state index contributed by atoms with van der Waals surface area (Å²) in [6.07, 6.45) is -11.3. The molecule has 0 radical (unpaired) electrons. The summed E-state index contributed by atoms with van der Waals surface area (Å²) >= 11 is 0. The molecule has 0 heterocycles. The zero-order valence-electron chi connectivity index (χ0n) is 7.58. The van der Waals surface area contributed by atoms with Crippen LogP contribution >= 0.6 is 0 Å². The van der Waals surface area contributed by atoms with Crippen molar-refractivity contribution in [2.75, 3.05) is 7.11 Å². The molecule has 0 aliphatic rings. The maximum atomic E-state index is 12.0. The van der Waals surface area contributed by atoms with Gasteiger partial charge in [-0.15, -0.1) is 0 Å². The van der Waals surface area contributed by atoms with Gasteiger partial charge in [-0.05, 0) is 6.92 Å². The minimum Gasteiger partial charge on any atom is -0.466 e. The van der Waals surface area contributed by atoms with Gasteiger partial charge in [0, 0.05) is 0 Å². The second-order valence-electron chi connectivity index (χ2n) is 2.49. The number of carbonyl (C=O) groups is 1. The quantitative estimate of drug-likeness (QED) is 0.397. The molecule has 0 saturated carbocycles. The molecule has 0 saturated heterocycles. The van der Waals surface area contributed by atoms with Crippen molar-refractivity contribution in [1.29, 1.82) is 0 Å². The average molecular weight is 236 g/mol. The Morgan fingerprint density at radius 1 is 1.00 bits per heavy atom. The van der Waals surface area contributed by atoms with Crippen LogP contribution in [0.4, 0.5) is 26.3 Å². The molecular formula is C7H6F6O2. The topological polar surface area (TPSA) is 26.3 Å². The molecule has 0 fully saturated rings. The van der Waals surface area contributed by atoms with Crippen molar-refractivity contribution in [3.8, 4) is 0 Å². The number of allylic oxidation sites excluding steroid dienone is 1. The molecule has 0 aromatic heterocycles. The number of esters is 1. The molecule has 0 spiro atoms. The van der Waals surface area contributed by atoms with Crippen LogP contribution in [0.15, 0.2) is 11.1 Å². The summed E-state index contributed by atoms with van der Waals surface area (Å²) in [6.45, 7) is 0.405. The molecule has 15 heavy (non-hydrogen) atoms. The zero-order chi connectivity index (χ0) is 12.4. The minimum absolute atomic E-state index is 0.405. The van der Waals surface area contributed by atoms with E-state index in [1.54, 1.807) is 0 Å². The SMILES string of the molecule is COC(=O)C(C)=C(C(F)(F)F)C(F)(F)F. The Kier molecular flexibility index (Phi) is 3.78. The Bertz CT molecular complexity index is 269. The van der Waals surface area contributed by atoms with Crippen molar-refractivity contribution in [2.45, 2.75) is 19.3 Å². The normalized spacial score (nSPS) is 12.3. The van der Waals surface area contributed by atoms with Crippen molar-refractivity contribution in [3.05, 3.63) is 11.1 Å². The molecule has 0 bridgehead atoms. The van der Waals surface area contributed by atoms with E-state index in [0.29, 0.717) is 14.0 Å². The van der Waals surface area contributed by atoms with Gasteiger partial charge < -0.3 is 4.74 Å². The third-order valence-corrected chi connectivity index (χ3v) is 1.43. The summed E-state index contributed by atoms with van der Waals surface area (Å²) < 4.78 is 75.7. The van der Waals surface area contributed by atoms with Crippen LogP contribution in [0.1, 0.15) is 6.92 Å². The lowest BCUT2D eigenvalue weighted by Crippen LogP contribution is -2.29. The third kappa shape index (κ3) is 3.45. The van der Waals surface area contributed by atoms with E-state index in [1.807, 2.05) is 0 Å². The fourth-order valence-electron chi connectivity index (χ4n) is 0.841. The lowest BCUT2D eigenvalue weighted by Gasteiger charge is -2.16. The first kappa shape index (κ1) is 13.8. The molecule has 0 aliphatic carbocycles. The third-order valence-electron chi connectivity index (χ3n) is 1.43. The average Bonchev–Trinajstić information content (AvgIpc) is 1.97. The Hall–Kier alpha value is -1.21. The van der Waals surface area contributed by atoms with Crippen LogP contribution in [0.2, 0.25) is 0 Å². The second-order valence-corrected chi connectivity index (χ2v) is 2.49. The highest BCUT2D eigenvalue weighted by Crippen LogP contribution is 2.40. The van der Waals surface area contributed by atoms with Gasteiger partial charge in [-0.2, -0.15) is 26.3 Å². The highest BCUT2D eigenvalue weighted by molar-refractivity contribution is 5.89. The maximum absolute atomic E-state index is 12.0. The molecule has 0 amide bonds. The largest absolute Gasteiger partial charge is 0.466 e. The fourth-order valence-corrected chi connectivity index (χ4v) is 0.841. The first-order valence-corrected chi connectivity index (χ1v) is 3.45. The number of alkyl halides is 6. The summed E-state index contributed by atoms with van der Waals surface area (Å²) in [7, 11) is 0.691. The Balaban J connectivity index is 5.59. The van der Waals surface area contributed by atoms with E-state index in [4.69, 9.17) is 0 Å². The van der Waals surface area contributed by atoms with E-state index in [9.17, 15) is 31.1 Å². The minimum atomic E-state index is -5.64. The van der Waals surface area contributed by atoms with Crippen LogP contribution in [0, 0.1) is 0 Å². The maximum Gasteiger partial charge on any atom is 0.421 e. The van der Waals surface area contributed by atoms with Crippen LogP contribution in [0.3, 0.4) is 0 Å². The molecule has 0 aliphatic heterocycles. The van der Waals surface area contributed by atoms with Crippen molar-refractivity contribution in [1.82, 2.24) is 0 Å². The molecule has 0 N–H and O–H groups in total. The van der Waals surface area contributed by atoms with E-state index in [-0.39, 0.29) is 0 Å². The summed E-state index contributed by atoms with van der Waals surface area (Å²) in [5.74, 6) is -1.67. The van der Waals surface area contributed by atoms with Gasteiger partial charge in [0.25, 0.3) is 0 Å². The van der Waals surface area contributed by atoms with Crippen LogP contribution in [-0.2, 0) is 9.53 Å². The van der Waals surface area contributed by atoms with E-state index in [0.717, 1.165) is 0 Å². The number of hydrogen-bond donors (Lipinski definition) is 0. The lowest BCUT2D eigenvalue weighted by atomic mass is 10.1. The number of hydrogen-bond acceptors (Lipinski definition) is 2. The summed E-state index contributed by atoms with van der Waals surface area (Å²) in [6, 6.07) is 0. The van der Waals surface area contributed by atoms with Gasteiger partial charge in [0.15, 0.2) is 0 Å². The number of carbonyl (C=O) groups excluding carboxylic acids is 1. The predicted octanol–water partition coefficient (Wildman–Crippen LogP) is 2.60. The van der Waals surface area contributed by atoms with Crippen molar-refractivity contribution >= 4 is 5.97 Å². The fraction of sp³-hybridized carbons (Fsp3) is 0.571. The Morgan fingerprint density at radius 3 is 1.53 bits per heavy atom. The highest BCUT2D eigenvalue weighted by Gasteiger charge is 2.53. The monoisotopic (exact) mass is 236 g/mol. The van der Waals surface area contributed by atoms with Gasteiger partial charge in [-0.1, -0.05) is 0 Å². The molecule has 88 valence electrons. The van der Waals surface area contributed by atoms with Gasteiger partial charge in [0.2, 0.25) is 0 Å². The van der Waals surface area contributed by atoms with Gasteiger partial charge in [-0.25, -0.2) is 4.79 Å². The van der Waals surface area contributed by atoms with Gasteiger partial charge in [-0.3, -0.25) is 0 Å². The first-order valence-electron chi connectivity index (χ1n) is 3.45. The molecular weight excluding hydrogens is 230 g/mol. The standard InChI is InChI=1S/C7H6F6O2/c1-3(5(14)15-2)4(6(8,9)10)7(11,12)13/h1-2H3. The Morgan fingerprint density at radius 2 is 1.33 bits per heavy atom. The van der Waals surface area contributed by atoms with E-state index in [1.165, 1.54) is 0 Å². The van der Waals surface area contributed by atoms with Gasteiger partial charge >= 0.3 is 18.3 Å². The summed E-state index contributed by atoms with van der Waals surface area (Å²) in [4.78, 5) is 10.6. The molecule has 8 heteroatoms. The predicted molar refractivity (Wildman–Crippen MR) is 36.8 cm³/mol. The highest BCUT2D eigenvalue weighted by atomic mass is 19.4. The number of ether oxygens (including phenoxy) is 1. The lowest BCUT2D eigenvalue weighted by molar-refractivity contribution is -0.175. The van der Waals surface area contributed by atoms with Crippen molar-refractivity contribution in [2.24, 2.45) is 0 Å². The number of rotatable bonds is 1. The zero-order valence-corrected chi connectivity index (χ0v) is 7.58. The van der Waals surface area contributed by atoms with E-state index in [2.05, 4.69) is 4.74 Å². The van der Waals surface area contributed by atoms with Crippen LogP contribution in [0.5, 0.6) is 0 Å². The van der Waals surface area contributed by atoms with Crippen molar-refractivity contribution < 1.29 is 35.9 Å². The van der Waals surface area contributed by atoms with E-state index < -0.39 is 29.5 Å². The van der Waals surface area contributed by atoms with Crippen LogP contribution in [0.25, 0.3) is 0 Å². The second kappa shape index (κ2) is 4.11. The van der Waals surface area contributed by atoms with Crippen molar-refractivity contribution in [3.63, 3.8) is 0 Å². The number of methoxy groups -OCH3 is 1. The Labute approximate surface area is 80.5 Å². The molecule has 2 nitrogen and oxygen atoms in total. The molecule has 0 atom stereocenters. The van der Waals surface area contributed by atoms with E-state index >= 15 is 0 Å². The molecule has 0 unspecified atom stereocenters. The number of halogens is 6. The van der Waals surface area contributed by atoms with Gasteiger partial charge in [0.1, 0.15) is 5.57 Å². The van der Waals surface area contributed by atoms with Crippen LogP contribution < -0.4 is 0 Å². The van der Waals surface area contributed by atoms with Gasteiger partial charge in [0.05, 0.1) is 12.7 Å². The summed E-state index contributed by atoms with van der Waals surface area (Å²) in [5.41, 5.74) is -4.36. The molecule has 0 aromatic carbocycles. The smallest absolute Gasteiger partial charge is 0.421 e. The van der Waals surface area contributed by atoms with Crippen LogP contribution in [-0.4, -0.2) is 25.4 Å². The summed E-state index contributed by atoms with van der Waals surface area (Å²) in [5, 5.41) is 0. The molecule has 0 rings (SSSR count).